The van der Waals surface area contributed by atoms with E-state index in [-0.39, 0.29) is 0 Å². The van der Waals surface area contributed by atoms with Gasteiger partial charge in [-0.15, -0.1) is 0 Å². The molecule has 0 saturated heterocycles. The van der Waals surface area contributed by atoms with Gasteiger partial charge in [-0.05, 0) is 38.8 Å². The van der Waals surface area contributed by atoms with Gasteiger partial charge in [0, 0.05) is 11.1 Å². The molecule has 1 atom stereocenters. The molecule has 2 nitrogen and oxygen atoms in total. The zero-order chi connectivity index (χ0) is 14.8. The number of hydrogen-bond acceptors (Lipinski definition) is 2. The molecule has 0 heterocycles. The summed E-state index contributed by atoms with van der Waals surface area (Å²) in [6, 6.07) is 14.6. The number of rotatable bonds is 4. The van der Waals surface area contributed by atoms with Gasteiger partial charge in [0.25, 0.3) is 0 Å². The summed E-state index contributed by atoms with van der Waals surface area (Å²) in [7, 11) is 1.69. The maximum atomic E-state index is 6.57. The molecular formula is C18H23NO. The van der Waals surface area contributed by atoms with Crippen LogP contribution in [0.4, 0.5) is 0 Å². The molecule has 2 N–H and O–H groups in total. The summed E-state index contributed by atoms with van der Waals surface area (Å²) in [6.07, 6.45) is 0.788. The maximum Gasteiger partial charge on any atom is 0.123 e. The fraction of sp³-hybridized carbons (Fsp3) is 0.333. The third-order valence-corrected chi connectivity index (χ3v) is 3.58. The van der Waals surface area contributed by atoms with E-state index >= 15 is 0 Å². The lowest BCUT2D eigenvalue weighted by molar-refractivity contribution is 0.386. The van der Waals surface area contributed by atoms with Crippen LogP contribution in [0.3, 0.4) is 0 Å². The average molecular weight is 269 g/mol. The van der Waals surface area contributed by atoms with Crippen LogP contribution in [-0.2, 0) is 12.0 Å². The average Bonchev–Trinajstić information content (AvgIpc) is 2.36. The normalized spacial score (nSPS) is 13.8. The van der Waals surface area contributed by atoms with Gasteiger partial charge >= 0.3 is 0 Å². The predicted molar refractivity (Wildman–Crippen MR) is 84.2 cm³/mol. The van der Waals surface area contributed by atoms with Crippen LogP contribution in [0.15, 0.2) is 42.5 Å². The third kappa shape index (κ3) is 3.20. The SMILES string of the molecule is COc1ccccc1C(C)(N)Cc1cc(C)cc(C)c1. The van der Waals surface area contributed by atoms with Crippen molar-refractivity contribution in [1.82, 2.24) is 0 Å². The minimum Gasteiger partial charge on any atom is -0.496 e. The van der Waals surface area contributed by atoms with E-state index < -0.39 is 5.54 Å². The Morgan fingerprint density at radius 3 is 2.25 bits per heavy atom. The minimum absolute atomic E-state index is 0.452. The first-order valence-corrected chi connectivity index (χ1v) is 6.92. The van der Waals surface area contributed by atoms with Crippen LogP contribution in [0.1, 0.15) is 29.2 Å². The molecule has 20 heavy (non-hydrogen) atoms. The van der Waals surface area contributed by atoms with Gasteiger partial charge in [0.1, 0.15) is 5.75 Å². The maximum absolute atomic E-state index is 6.57. The number of nitrogens with two attached hydrogens (primary N) is 1. The summed E-state index contributed by atoms with van der Waals surface area (Å²) >= 11 is 0. The summed E-state index contributed by atoms with van der Waals surface area (Å²) in [5.41, 5.74) is 11.0. The fourth-order valence-corrected chi connectivity index (χ4v) is 2.81. The van der Waals surface area contributed by atoms with Gasteiger partial charge in [-0.1, -0.05) is 47.5 Å². The van der Waals surface area contributed by atoms with Crippen molar-refractivity contribution in [3.8, 4) is 5.75 Å². The Balaban J connectivity index is 2.35. The molecule has 0 bridgehead atoms. The second-order valence-electron chi connectivity index (χ2n) is 5.79. The molecular weight excluding hydrogens is 246 g/mol. The predicted octanol–water partition coefficient (Wildman–Crippen LogP) is 3.73. The van der Waals surface area contributed by atoms with Crippen LogP contribution >= 0.6 is 0 Å². The van der Waals surface area contributed by atoms with Gasteiger partial charge in [0.05, 0.1) is 7.11 Å². The van der Waals surface area contributed by atoms with Crippen molar-refractivity contribution in [3.05, 3.63) is 64.7 Å². The van der Waals surface area contributed by atoms with E-state index in [2.05, 4.69) is 39.0 Å². The van der Waals surface area contributed by atoms with Gasteiger partial charge in [0.15, 0.2) is 0 Å². The highest BCUT2D eigenvalue weighted by Crippen LogP contribution is 2.30. The first-order valence-electron chi connectivity index (χ1n) is 6.92. The Kier molecular flexibility index (Phi) is 4.15. The lowest BCUT2D eigenvalue weighted by atomic mass is 9.85. The van der Waals surface area contributed by atoms with E-state index in [0.717, 1.165) is 17.7 Å². The lowest BCUT2D eigenvalue weighted by Crippen LogP contribution is -2.35. The van der Waals surface area contributed by atoms with E-state index in [0.29, 0.717) is 0 Å². The van der Waals surface area contributed by atoms with Crippen LogP contribution in [0.5, 0.6) is 5.75 Å². The molecule has 2 aromatic rings. The summed E-state index contributed by atoms with van der Waals surface area (Å²) in [5.74, 6) is 0.849. The topological polar surface area (TPSA) is 35.2 Å². The molecule has 106 valence electrons. The number of benzene rings is 2. The van der Waals surface area contributed by atoms with Crippen LogP contribution in [0.25, 0.3) is 0 Å². The zero-order valence-corrected chi connectivity index (χ0v) is 12.7. The summed E-state index contributed by atoms with van der Waals surface area (Å²) in [6.45, 7) is 6.30. The largest absolute Gasteiger partial charge is 0.496 e. The molecule has 2 rings (SSSR count). The molecule has 0 radical (unpaired) electrons. The van der Waals surface area contributed by atoms with Crippen LogP contribution in [0, 0.1) is 13.8 Å². The Labute approximate surface area is 121 Å². The smallest absolute Gasteiger partial charge is 0.123 e. The molecule has 0 aromatic heterocycles. The second-order valence-corrected chi connectivity index (χ2v) is 5.79. The van der Waals surface area contributed by atoms with Crippen molar-refractivity contribution in [2.75, 3.05) is 7.11 Å². The van der Waals surface area contributed by atoms with Crippen molar-refractivity contribution in [2.45, 2.75) is 32.7 Å². The highest BCUT2D eigenvalue weighted by atomic mass is 16.5. The molecule has 0 aliphatic carbocycles. The Morgan fingerprint density at radius 2 is 1.65 bits per heavy atom. The van der Waals surface area contributed by atoms with Gasteiger partial charge in [-0.3, -0.25) is 0 Å². The number of para-hydroxylation sites is 1. The molecule has 1 unspecified atom stereocenters. The summed E-state index contributed by atoms with van der Waals surface area (Å²) in [5, 5.41) is 0. The van der Waals surface area contributed by atoms with Gasteiger partial charge in [-0.2, -0.15) is 0 Å². The highest BCUT2D eigenvalue weighted by molar-refractivity contribution is 5.40. The van der Waals surface area contributed by atoms with Crippen LogP contribution in [-0.4, -0.2) is 7.11 Å². The molecule has 0 amide bonds. The zero-order valence-electron chi connectivity index (χ0n) is 12.7. The molecule has 2 aromatic carbocycles. The Morgan fingerprint density at radius 1 is 1.05 bits per heavy atom. The van der Waals surface area contributed by atoms with Crippen molar-refractivity contribution >= 4 is 0 Å². The summed E-state index contributed by atoms with van der Waals surface area (Å²) in [4.78, 5) is 0. The first kappa shape index (κ1) is 14.6. The van der Waals surface area contributed by atoms with E-state index in [1.54, 1.807) is 7.11 Å². The fourth-order valence-electron chi connectivity index (χ4n) is 2.81. The van der Waals surface area contributed by atoms with Crippen molar-refractivity contribution < 1.29 is 4.74 Å². The Bertz CT molecular complexity index is 582. The van der Waals surface area contributed by atoms with Crippen molar-refractivity contribution in [3.63, 3.8) is 0 Å². The monoisotopic (exact) mass is 269 g/mol. The quantitative estimate of drug-likeness (QED) is 0.918. The molecule has 0 fully saturated rings. The summed E-state index contributed by atoms with van der Waals surface area (Å²) < 4.78 is 5.44. The molecule has 2 heteroatoms. The second kappa shape index (κ2) is 5.68. The lowest BCUT2D eigenvalue weighted by Gasteiger charge is -2.27. The van der Waals surface area contributed by atoms with Gasteiger partial charge < -0.3 is 10.5 Å². The molecule has 0 saturated carbocycles. The van der Waals surface area contributed by atoms with Gasteiger partial charge in [0.2, 0.25) is 0 Å². The van der Waals surface area contributed by atoms with Crippen LogP contribution < -0.4 is 10.5 Å². The van der Waals surface area contributed by atoms with Crippen molar-refractivity contribution in [1.29, 1.82) is 0 Å². The van der Waals surface area contributed by atoms with Gasteiger partial charge in [-0.25, -0.2) is 0 Å². The first-order chi connectivity index (χ1) is 9.42. The standard InChI is InChI=1S/C18H23NO/c1-13-9-14(2)11-15(10-13)12-18(3,19)16-7-5-6-8-17(16)20-4/h5-11H,12,19H2,1-4H3. The molecule has 0 spiro atoms. The van der Waals surface area contributed by atoms with Crippen molar-refractivity contribution in [2.24, 2.45) is 5.73 Å². The third-order valence-electron chi connectivity index (χ3n) is 3.58. The highest BCUT2D eigenvalue weighted by Gasteiger charge is 2.25. The Hall–Kier alpha value is -1.80. The minimum atomic E-state index is -0.452. The number of ether oxygens (including phenoxy) is 1. The van der Waals surface area contributed by atoms with E-state index in [1.807, 2.05) is 24.3 Å². The molecule has 0 aliphatic rings. The van der Waals surface area contributed by atoms with E-state index in [1.165, 1.54) is 16.7 Å². The number of methoxy groups -OCH3 is 1. The number of hydrogen-bond donors (Lipinski definition) is 1. The molecule has 0 aliphatic heterocycles. The van der Waals surface area contributed by atoms with Crippen LogP contribution in [0.2, 0.25) is 0 Å². The van der Waals surface area contributed by atoms with E-state index in [4.69, 9.17) is 10.5 Å². The number of aryl methyl sites for hydroxylation is 2. The van der Waals surface area contributed by atoms with E-state index in [9.17, 15) is 0 Å².